The number of halogens is 2. The first kappa shape index (κ1) is 30.5. The minimum atomic E-state index is -3.96. The molecule has 3 fully saturated rings. The van der Waals surface area contributed by atoms with Crippen molar-refractivity contribution in [2.24, 2.45) is 5.41 Å². The van der Waals surface area contributed by atoms with Crippen LogP contribution in [0.15, 0.2) is 71.6 Å². The summed E-state index contributed by atoms with van der Waals surface area (Å²) in [6.45, 7) is 3.22. The number of ether oxygens (including phenoxy) is 1. The molecule has 1 aromatic heterocycles. The van der Waals surface area contributed by atoms with E-state index in [2.05, 4.69) is 0 Å². The Labute approximate surface area is 266 Å². The van der Waals surface area contributed by atoms with E-state index in [1.165, 1.54) is 27.4 Å². The van der Waals surface area contributed by atoms with E-state index in [9.17, 15) is 26.8 Å². The van der Waals surface area contributed by atoms with Crippen molar-refractivity contribution in [2.45, 2.75) is 55.9 Å². The third-order valence-electron chi connectivity index (χ3n) is 9.59. The van der Waals surface area contributed by atoms with Gasteiger partial charge in [0.05, 0.1) is 18.7 Å². The van der Waals surface area contributed by atoms with E-state index in [-0.39, 0.29) is 66.4 Å². The van der Waals surface area contributed by atoms with Crippen molar-refractivity contribution in [2.75, 3.05) is 42.5 Å². The zero-order chi connectivity index (χ0) is 32.2. The number of rotatable bonds is 6. The molecule has 1 spiro atoms. The molecule has 0 N–H and O–H groups in total. The number of anilines is 2. The van der Waals surface area contributed by atoms with Gasteiger partial charge in [-0.2, -0.15) is 4.31 Å². The van der Waals surface area contributed by atoms with Crippen LogP contribution in [0.5, 0.6) is 0 Å². The Morgan fingerprint density at radius 3 is 2.43 bits per heavy atom. The van der Waals surface area contributed by atoms with Gasteiger partial charge in [-0.05, 0) is 56.0 Å². The molecule has 1 saturated carbocycles. The highest BCUT2D eigenvalue weighted by Gasteiger charge is 2.58. The van der Waals surface area contributed by atoms with Gasteiger partial charge in [0.15, 0.2) is 5.82 Å². The second kappa shape index (κ2) is 11.6. The van der Waals surface area contributed by atoms with Crippen LogP contribution in [0.25, 0.3) is 0 Å². The Hall–Kier alpha value is -4.10. The number of sulfonamides is 1. The lowest BCUT2D eigenvalue weighted by atomic mass is 9.61. The average Bonchev–Trinajstić information content (AvgIpc) is 3.41. The van der Waals surface area contributed by atoms with E-state index >= 15 is 0 Å². The summed E-state index contributed by atoms with van der Waals surface area (Å²) in [6.07, 6.45) is -0.0680. The molecule has 0 radical (unpaired) electrons. The molecule has 13 heteroatoms. The molecule has 3 aromatic rings. The number of aromatic nitrogens is 1. The number of nitrogens with zero attached hydrogens (tertiary/aromatic N) is 5. The van der Waals surface area contributed by atoms with Gasteiger partial charge in [0.2, 0.25) is 10.0 Å². The number of hydrogen-bond donors (Lipinski definition) is 0. The Kier molecular flexibility index (Phi) is 7.71. The van der Waals surface area contributed by atoms with Crippen molar-refractivity contribution in [1.82, 2.24) is 14.2 Å². The van der Waals surface area contributed by atoms with Crippen LogP contribution in [-0.2, 0) is 21.4 Å². The van der Waals surface area contributed by atoms with E-state index in [1.54, 1.807) is 17.0 Å². The Morgan fingerprint density at radius 1 is 1.02 bits per heavy atom. The van der Waals surface area contributed by atoms with Crippen molar-refractivity contribution < 1.29 is 31.5 Å². The molecule has 242 valence electrons. The molecular weight excluding hydrogens is 616 g/mol. The molecule has 1 aliphatic carbocycles. The van der Waals surface area contributed by atoms with Gasteiger partial charge in [0.25, 0.3) is 5.91 Å². The number of fused-ring (bicyclic) bond motifs is 1. The van der Waals surface area contributed by atoms with Gasteiger partial charge < -0.3 is 14.5 Å². The molecular formula is C33H35F2N5O5S. The number of benzene rings is 2. The number of alkyl halides is 1. The van der Waals surface area contributed by atoms with Gasteiger partial charge in [-0.1, -0.05) is 42.5 Å². The molecule has 7 rings (SSSR count). The van der Waals surface area contributed by atoms with Crippen LogP contribution in [0.3, 0.4) is 0 Å². The summed E-state index contributed by atoms with van der Waals surface area (Å²) >= 11 is 0. The quantitative estimate of drug-likeness (QED) is 0.384. The normalized spacial score (nSPS) is 23.1. The van der Waals surface area contributed by atoms with Crippen molar-refractivity contribution in [1.29, 1.82) is 0 Å². The van der Waals surface area contributed by atoms with Crippen LogP contribution >= 0.6 is 0 Å². The zero-order valence-electron chi connectivity index (χ0n) is 25.4. The van der Waals surface area contributed by atoms with Crippen molar-refractivity contribution in [3.05, 3.63) is 83.7 Å². The van der Waals surface area contributed by atoms with Crippen molar-refractivity contribution in [3.63, 3.8) is 0 Å². The van der Waals surface area contributed by atoms with E-state index in [0.717, 1.165) is 11.6 Å². The number of pyridine rings is 1. The molecule has 4 aliphatic rings. The number of hydrogen-bond acceptors (Lipinski definition) is 7. The first-order chi connectivity index (χ1) is 22.0. The minimum Gasteiger partial charge on any atom is -0.444 e. The van der Waals surface area contributed by atoms with Gasteiger partial charge in [0.1, 0.15) is 29.3 Å². The largest absolute Gasteiger partial charge is 0.444 e. The molecule has 46 heavy (non-hydrogen) atoms. The lowest BCUT2D eigenvalue weighted by Crippen LogP contribution is -2.68. The second-order valence-electron chi connectivity index (χ2n) is 12.9. The van der Waals surface area contributed by atoms with E-state index in [0.29, 0.717) is 31.6 Å². The van der Waals surface area contributed by atoms with Crippen molar-refractivity contribution >= 4 is 33.7 Å². The van der Waals surface area contributed by atoms with Crippen LogP contribution < -0.4 is 9.80 Å². The summed E-state index contributed by atoms with van der Waals surface area (Å²) in [6, 6.07) is 17.4. The molecule has 2 atom stereocenters. The number of amides is 2. The van der Waals surface area contributed by atoms with Gasteiger partial charge in [0, 0.05) is 37.1 Å². The third kappa shape index (κ3) is 5.38. The monoisotopic (exact) mass is 651 g/mol. The van der Waals surface area contributed by atoms with E-state index in [1.807, 2.05) is 42.2 Å². The summed E-state index contributed by atoms with van der Waals surface area (Å²) < 4.78 is 61.4. The highest BCUT2D eigenvalue weighted by atomic mass is 32.2. The fourth-order valence-electron chi connectivity index (χ4n) is 7.23. The summed E-state index contributed by atoms with van der Waals surface area (Å²) in [4.78, 5) is 37.1. The van der Waals surface area contributed by atoms with Crippen LogP contribution in [0.4, 0.5) is 25.2 Å². The van der Waals surface area contributed by atoms with Crippen molar-refractivity contribution in [3.8, 4) is 0 Å². The third-order valence-corrected chi connectivity index (χ3v) is 11.4. The Balaban J connectivity index is 1.11. The van der Waals surface area contributed by atoms with Gasteiger partial charge in [-0.3, -0.25) is 9.69 Å². The summed E-state index contributed by atoms with van der Waals surface area (Å²) in [7, 11) is -3.96. The maximum Gasteiger partial charge on any atom is 0.415 e. The fourth-order valence-corrected chi connectivity index (χ4v) is 8.97. The fraction of sp³-hybridized carbons (Fsp3) is 0.424. The van der Waals surface area contributed by atoms with Gasteiger partial charge >= 0.3 is 6.09 Å². The smallest absolute Gasteiger partial charge is 0.415 e. The molecule has 0 unspecified atom stereocenters. The van der Waals surface area contributed by atoms with Crippen LogP contribution in [-0.4, -0.2) is 85.6 Å². The average molecular weight is 652 g/mol. The number of carbonyl (C=O) groups excluding carboxylic acids is 2. The molecule has 2 aromatic carbocycles. The first-order valence-electron chi connectivity index (χ1n) is 15.5. The second-order valence-corrected chi connectivity index (χ2v) is 14.8. The van der Waals surface area contributed by atoms with Crippen LogP contribution in [0, 0.1) is 11.2 Å². The first-order valence-corrected chi connectivity index (χ1v) is 16.9. The zero-order valence-corrected chi connectivity index (χ0v) is 26.2. The van der Waals surface area contributed by atoms with Crippen LogP contribution in [0.1, 0.15) is 42.1 Å². The van der Waals surface area contributed by atoms with E-state index in [4.69, 9.17) is 9.72 Å². The Bertz CT molecular complexity index is 1760. The predicted molar refractivity (Wildman–Crippen MR) is 166 cm³/mol. The lowest BCUT2D eigenvalue weighted by Gasteiger charge is -2.60. The Morgan fingerprint density at radius 2 is 1.74 bits per heavy atom. The standard InChI is InChI=1S/C33H35F2N5O5S/c1-22-17-39(32(42)45-19-23-7-3-2-4-8-23)30-26(11-12-29(36-30)37-14-13-24(34)18-37)31(41)40(22)25-15-33(16-25)20-38(21-33)46(43,44)28-10-6-5-9-27(28)35/h2-12,22,24-25H,13-21H2,1H3/t22-,24+/m1/s1. The topological polar surface area (TPSA) is 103 Å². The predicted octanol–water partition coefficient (Wildman–Crippen LogP) is 4.61. The molecule has 3 aliphatic heterocycles. The van der Waals surface area contributed by atoms with Gasteiger partial charge in [-0.25, -0.2) is 27.0 Å². The molecule has 2 amide bonds. The van der Waals surface area contributed by atoms with E-state index < -0.39 is 34.1 Å². The number of carbonyl (C=O) groups is 2. The highest BCUT2D eigenvalue weighted by molar-refractivity contribution is 7.89. The lowest BCUT2D eigenvalue weighted by molar-refractivity contribution is -0.0729. The molecule has 2 saturated heterocycles. The molecule has 10 nitrogen and oxygen atoms in total. The summed E-state index contributed by atoms with van der Waals surface area (Å²) in [5, 5.41) is 0. The van der Waals surface area contributed by atoms with Crippen LogP contribution in [0.2, 0.25) is 0 Å². The maximum absolute atomic E-state index is 14.3. The maximum atomic E-state index is 14.3. The molecule has 4 heterocycles. The van der Waals surface area contributed by atoms with Gasteiger partial charge in [-0.15, -0.1) is 0 Å². The summed E-state index contributed by atoms with van der Waals surface area (Å²) in [5.74, 6) is -0.394. The SMILES string of the molecule is C[C@@H]1CN(C(=O)OCc2ccccc2)c2nc(N3CC[C@H](F)C3)ccc2C(=O)N1C1CC2(C1)CN(S(=O)(=O)c1ccccc1F)C2. The molecule has 0 bridgehead atoms. The summed E-state index contributed by atoms with van der Waals surface area (Å²) in [5.41, 5.74) is 0.766. The highest BCUT2D eigenvalue weighted by Crippen LogP contribution is 2.52. The minimum absolute atomic E-state index is 0.0460.